The molecular weight excluding hydrogens is 195 g/mol. The fraction of sp³-hybridized carbons (Fsp3) is 0.500. The first-order valence-corrected chi connectivity index (χ1v) is 4.97. The van der Waals surface area contributed by atoms with E-state index < -0.39 is 5.67 Å². The lowest BCUT2D eigenvalue weighted by atomic mass is 10.1. The number of alkyl halides is 1. The van der Waals surface area contributed by atoms with E-state index in [1.54, 1.807) is 21.0 Å². The number of benzene rings is 1. The first-order chi connectivity index (χ1) is 7.01. The Balaban J connectivity index is 2.38. The smallest absolute Gasteiger partial charge is 0.119 e. The van der Waals surface area contributed by atoms with Crippen LogP contribution in [0.2, 0.25) is 0 Å². The molecule has 0 saturated heterocycles. The number of hydrogen-bond acceptors (Lipinski definition) is 2. The predicted molar refractivity (Wildman–Crippen MR) is 58.3 cm³/mol. The average Bonchev–Trinajstić information content (AvgIpc) is 2.17. The molecule has 0 radical (unpaired) electrons. The second-order valence-electron chi connectivity index (χ2n) is 3.99. The maximum absolute atomic E-state index is 13.1. The molecular formula is C12H17FO2. The van der Waals surface area contributed by atoms with Gasteiger partial charge in [-0.2, -0.15) is 0 Å². The largest absolute Gasteiger partial charge is 0.497 e. The fourth-order valence-corrected chi connectivity index (χ4v) is 1.08. The van der Waals surface area contributed by atoms with Gasteiger partial charge < -0.3 is 9.47 Å². The van der Waals surface area contributed by atoms with Crippen LogP contribution in [0.1, 0.15) is 20.3 Å². The highest BCUT2D eigenvalue weighted by molar-refractivity contribution is 5.31. The molecule has 0 aromatic heterocycles. The van der Waals surface area contributed by atoms with Gasteiger partial charge in [-0.1, -0.05) is 0 Å². The van der Waals surface area contributed by atoms with E-state index in [-0.39, 0.29) is 0 Å². The molecule has 0 N–H and O–H groups in total. The highest BCUT2D eigenvalue weighted by Gasteiger charge is 2.14. The molecule has 2 nitrogen and oxygen atoms in total. The molecule has 84 valence electrons. The van der Waals surface area contributed by atoms with Crippen molar-refractivity contribution in [1.29, 1.82) is 0 Å². The molecule has 0 aliphatic heterocycles. The molecule has 1 aromatic carbocycles. The van der Waals surface area contributed by atoms with Gasteiger partial charge in [0.15, 0.2) is 0 Å². The topological polar surface area (TPSA) is 18.5 Å². The summed E-state index contributed by atoms with van der Waals surface area (Å²) in [4.78, 5) is 0. The van der Waals surface area contributed by atoms with Crippen molar-refractivity contribution in [2.45, 2.75) is 25.9 Å². The van der Waals surface area contributed by atoms with Crippen LogP contribution in [0, 0.1) is 0 Å². The molecule has 0 aliphatic carbocycles. The standard InChI is InChI=1S/C12H17FO2/c1-12(2,13)8-9-15-11-6-4-10(14-3)5-7-11/h4-7H,8-9H2,1-3H3. The van der Waals surface area contributed by atoms with E-state index >= 15 is 0 Å². The summed E-state index contributed by atoms with van der Waals surface area (Å²) in [5, 5.41) is 0. The van der Waals surface area contributed by atoms with Crippen molar-refractivity contribution in [3.63, 3.8) is 0 Å². The molecule has 0 unspecified atom stereocenters. The van der Waals surface area contributed by atoms with Crippen molar-refractivity contribution >= 4 is 0 Å². The van der Waals surface area contributed by atoms with Gasteiger partial charge in [-0.05, 0) is 38.1 Å². The van der Waals surface area contributed by atoms with Crippen LogP contribution in [0.5, 0.6) is 11.5 Å². The summed E-state index contributed by atoms with van der Waals surface area (Å²) >= 11 is 0. The minimum Gasteiger partial charge on any atom is -0.497 e. The van der Waals surface area contributed by atoms with Crippen molar-refractivity contribution in [3.8, 4) is 11.5 Å². The monoisotopic (exact) mass is 212 g/mol. The van der Waals surface area contributed by atoms with Gasteiger partial charge in [0.1, 0.15) is 17.2 Å². The average molecular weight is 212 g/mol. The molecule has 1 rings (SSSR count). The van der Waals surface area contributed by atoms with Crippen LogP contribution in [0.3, 0.4) is 0 Å². The number of rotatable bonds is 5. The Morgan fingerprint density at radius 3 is 2.13 bits per heavy atom. The normalized spacial score (nSPS) is 11.2. The number of ether oxygens (including phenoxy) is 2. The van der Waals surface area contributed by atoms with E-state index in [4.69, 9.17) is 9.47 Å². The Labute approximate surface area is 90.0 Å². The second-order valence-corrected chi connectivity index (χ2v) is 3.99. The summed E-state index contributed by atoms with van der Waals surface area (Å²) in [6, 6.07) is 7.25. The zero-order chi connectivity index (χ0) is 11.3. The van der Waals surface area contributed by atoms with Gasteiger partial charge in [0, 0.05) is 6.42 Å². The summed E-state index contributed by atoms with van der Waals surface area (Å²) in [5.74, 6) is 1.52. The van der Waals surface area contributed by atoms with E-state index in [0.717, 1.165) is 11.5 Å². The quantitative estimate of drug-likeness (QED) is 0.746. The number of halogens is 1. The Morgan fingerprint density at radius 1 is 1.13 bits per heavy atom. The van der Waals surface area contributed by atoms with E-state index in [2.05, 4.69) is 0 Å². The SMILES string of the molecule is COc1ccc(OCCC(C)(C)F)cc1. The molecule has 0 atom stereocenters. The maximum Gasteiger partial charge on any atom is 0.119 e. The summed E-state index contributed by atoms with van der Waals surface area (Å²) in [6.07, 6.45) is 0.388. The van der Waals surface area contributed by atoms with Crippen LogP contribution in [0.15, 0.2) is 24.3 Å². The summed E-state index contributed by atoms with van der Waals surface area (Å²) in [6.45, 7) is 3.48. The molecule has 15 heavy (non-hydrogen) atoms. The van der Waals surface area contributed by atoms with Gasteiger partial charge in [-0.3, -0.25) is 0 Å². The zero-order valence-electron chi connectivity index (χ0n) is 9.42. The van der Waals surface area contributed by atoms with Crippen LogP contribution in [-0.4, -0.2) is 19.4 Å². The van der Waals surface area contributed by atoms with Crippen molar-refractivity contribution in [3.05, 3.63) is 24.3 Å². The summed E-state index contributed by atoms with van der Waals surface area (Å²) < 4.78 is 23.5. The number of hydrogen-bond donors (Lipinski definition) is 0. The Bertz CT molecular complexity index is 287. The molecule has 0 fully saturated rings. The Morgan fingerprint density at radius 2 is 1.67 bits per heavy atom. The zero-order valence-corrected chi connectivity index (χ0v) is 9.42. The third kappa shape index (κ3) is 4.68. The Kier molecular flexibility index (Phi) is 3.95. The highest BCUT2D eigenvalue weighted by atomic mass is 19.1. The minimum absolute atomic E-state index is 0.385. The molecule has 0 saturated carbocycles. The predicted octanol–water partition coefficient (Wildman–Crippen LogP) is 3.21. The van der Waals surface area contributed by atoms with Gasteiger partial charge in [0.25, 0.3) is 0 Å². The van der Waals surface area contributed by atoms with E-state index in [9.17, 15) is 4.39 Å². The molecule has 0 spiro atoms. The van der Waals surface area contributed by atoms with E-state index in [1.165, 1.54) is 0 Å². The van der Waals surface area contributed by atoms with Gasteiger partial charge in [-0.15, -0.1) is 0 Å². The van der Waals surface area contributed by atoms with Crippen molar-refractivity contribution in [2.75, 3.05) is 13.7 Å². The van der Waals surface area contributed by atoms with Gasteiger partial charge in [0.05, 0.1) is 13.7 Å². The highest BCUT2D eigenvalue weighted by Crippen LogP contribution is 2.19. The van der Waals surface area contributed by atoms with Crippen LogP contribution >= 0.6 is 0 Å². The molecule has 0 aliphatic rings. The maximum atomic E-state index is 13.1. The van der Waals surface area contributed by atoms with E-state index in [1.807, 2.05) is 24.3 Å². The van der Waals surface area contributed by atoms with Crippen LogP contribution in [0.25, 0.3) is 0 Å². The second kappa shape index (κ2) is 5.01. The number of methoxy groups -OCH3 is 1. The van der Waals surface area contributed by atoms with Crippen LogP contribution < -0.4 is 9.47 Å². The lowest BCUT2D eigenvalue weighted by molar-refractivity contribution is 0.161. The molecule has 0 bridgehead atoms. The third-order valence-electron chi connectivity index (χ3n) is 2.02. The van der Waals surface area contributed by atoms with E-state index in [0.29, 0.717) is 13.0 Å². The van der Waals surface area contributed by atoms with Crippen LogP contribution in [0.4, 0.5) is 4.39 Å². The van der Waals surface area contributed by atoms with Gasteiger partial charge >= 0.3 is 0 Å². The first-order valence-electron chi connectivity index (χ1n) is 4.97. The van der Waals surface area contributed by atoms with Crippen LogP contribution in [-0.2, 0) is 0 Å². The lowest BCUT2D eigenvalue weighted by Gasteiger charge is -2.14. The van der Waals surface area contributed by atoms with Crippen molar-refractivity contribution < 1.29 is 13.9 Å². The summed E-state index contributed by atoms with van der Waals surface area (Å²) in [5.41, 5.74) is -1.17. The molecule has 0 heterocycles. The fourth-order valence-electron chi connectivity index (χ4n) is 1.08. The van der Waals surface area contributed by atoms with Crippen molar-refractivity contribution in [2.24, 2.45) is 0 Å². The van der Waals surface area contributed by atoms with Crippen molar-refractivity contribution in [1.82, 2.24) is 0 Å². The lowest BCUT2D eigenvalue weighted by Crippen LogP contribution is -2.16. The molecule has 3 heteroatoms. The third-order valence-corrected chi connectivity index (χ3v) is 2.02. The van der Waals surface area contributed by atoms with Gasteiger partial charge in [-0.25, -0.2) is 4.39 Å². The summed E-state index contributed by atoms with van der Waals surface area (Å²) in [7, 11) is 1.61. The molecule has 0 amide bonds. The minimum atomic E-state index is -1.17. The first kappa shape index (κ1) is 11.8. The molecule has 1 aromatic rings. The Hall–Kier alpha value is -1.25. The van der Waals surface area contributed by atoms with Gasteiger partial charge in [0.2, 0.25) is 0 Å².